The Morgan fingerprint density at radius 3 is 2.42 bits per heavy atom. The van der Waals surface area contributed by atoms with Crippen LogP contribution in [-0.2, 0) is 4.79 Å². The number of likely N-dealkylation sites (N-methyl/N-ethyl adjacent to an activating group) is 1. The average Bonchev–Trinajstić information content (AvgIpc) is 2.62. The van der Waals surface area contributed by atoms with Gasteiger partial charge in [-0.2, -0.15) is 5.10 Å². The van der Waals surface area contributed by atoms with Gasteiger partial charge in [0.1, 0.15) is 6.04 Å². The highest BCUT2D eigenvalue weighted by Crippen LogP contribution is 2.15. The summed E-state index contributed by atoms with van der Waals surface area (Å²) in [5.74, 6) is -0.0652. The molecule has 24 heavy (non-hydrogen) atoms. The minimum Gasteiger partial charge on any atom is -0.338 e. The second kappa shape index (κ2) is 6.92. The van der Waals surface area contributed by atoms with Gasteiger partial charge in [-0.1, -0.05) is 0 Å². The number of pyridine rings is 1. The fourth-order valence-electron chi connectivity index (χ4n) is 2.78. The van der Waals surface area contributed by atoms with Gasteiger partial charge in [-0.05, 0) is 32.2 Å². The molecule has 1 fully saturated rings. The van der Waals surface area contributed by atoms with Crippen molar-refractivity contribution in [1.82, 2.24) is 24.6 Å². The van der Waals surface area contributed by atoms with Crippen LogP contribution in [0.25, 0.3) is 11.3 Å². The van der Waals surface area contributed by atoms with Gasteiger partial charge in [-0.3, -0.25) is 14.6 Å². The van der Waals surface area contributed by atoms with E-state index in [4.69, 9.17) is 0 Å². The number of carbonyl (C=O) groups excluding carboxylic acids is 1. The SMILES string of the molecule is CC(C(=O)N1CCN(C)CC1)n1nc(-c2ccncc2)ccc1=O. The first-order chi connectivity index (χ1) is 11.6. The normalized spacial score (nSPS) is 16.8. The highest BCUT2D eigenvalue weighted by molar-refractivity contribution is 5.80. The molecule has 3 heterocycles. The van der Waals surface area contributed by atoms with E-state index in [9.17, 15) is 9.59 Å². The van der Waals surface area contributed by atoms with Gasteiger partial charge in [0.2, 0.25) is 5.91 Å². The fraction of sp³-hybridized carbons (Fsp3) is 0.412. The van der Waals surface area contributed by atoms with E-state index >= 15 is 0 Å². The third-order valence-electron chi connectivity index (χ3n) is 4.34. The van der Waals surface area contributed by atoms with Crippen LogP contribution in [-0.4, -0.2) is 63.7 Å². The van der Waals surface area contributed by atoms with Crippen molar-refractivity contribution < 1.29 is 4.79 Å². The number of hydrogen-bond donors (Lipinski definition) is 0. The molecule has 2 aromatic heterocycles. The fourth-order valence-corrected chi connectivity index (χ4v) is 2.78. The Hall–Kier alpha value is -2.54. The van der Waals surface area contributed by atoms with E-state index in [1.54, 1.807) is 30.3 Å². The maximum Gasteiger partial charge on any atom is 0.267 e. The third-order valence-corrected chi connectivity index (χ3v) is 4.34. The van der Waals surface area contributed by atoms with Crippen molar-refractivity contribution in [2.75, 3.05) is 33.2 Å². The molecule has 0 N–H and O–H groups in total. The molecule has 1 aliphatic heterocycles. The molecule has 0 saturated carbocycles. The number of aromatic nitrogens is 3. The van der Waals surface area contributed by atoms with Crippen molar-refractivity contribution >= 4 is 5.91 Å². The number of piperazine rings is 1. The van der Waals surface area contributed by atoms with Crippen molar-refractivity contribution in [3.8, 4) is 11.3 Å². The first-order valence-corrected chi connectivity index (χ1v) is 8.04. The molecule has 7 heteroatoms. The number of nitrogens with zero attached hydrogens (tertiary/aromatic N) is 5. The van der Waals surface area contributed by atoms with Crippen LogP contribution in [0.3, 0.4) is 0 Å². The molecule has 1 aliphatic rings. The summed E-state index contributed by atoms with van der Waals surface area (Å²) in [4.78, 5) is 32.9. The van der Waals surface area contributed by atoms with Crippen LogP contribution in [0, 0.1) is 0 Å². The minimum absolute atomic E-state index is 0.0652. The zero-order chi connectivity index (χ0) is 17.1. The van der Waals surface area contributed by atoms with Gasteiger partial charge in [0.25, 0.3) is 5.56 Å². The summed E-state index contributed by atoms with van der Waals surface area (Å²) in [5.41, 5.74) is 1.23. The lowest BCUT2D eigenvalue weighted by Crippen LogP contribution is -2.49. The smallest absolute Gasteiger partial charge is 0.267 e. The largest absolute Gasteiger partial charge is 0.338 e. The lowest BCUT2D eigenvalue weighted by atomic mass is 10.2. The number of hydrogen-bond acceptors (Lipinski definition) is 5. The molecule has 1 amide bonds. The molecule has 1 atom stereocenters. The van der Waals surface area contributed by atoms with Crippen LogP contribution in [0.15, 0.2) is 41.5 Å². The summed E-state index contributed by atoms with van der Waals surface area (Å²) in [6.07, 6.45) is 3.34. The summed E-state index contributed by atoms with van der Waals surface area (Å²) >= 11 is 0. The predicted molar refractivity (Wildman–Crippen MR) is 90.5 cm³/mol. The van der Waals surface area contributed by atoms with E-state index in [2.05, 4.69) is 15.0 Å². The summed E-state index contributed by atoms with van der Waals surface area (Å²) in [6, 6.07) is 6.15. The van der Waals surface area contributed by atoms with Crippen LogP contribution in [0.5, 0.6) is 0 Å². The molecule has 0 spiro atoms. The summed E-state index contributed by atoms with van der Waals surface area (Å²) in [7, 11) is 2.04. The van der Waals surface area contributed by atoms with Crippen LogP contribution in [0.2, 0.25) is 0 Å². The number of carbonyl (C=O) groups is 1. The summed E-state index contributed by atoms with van der Waals surface area (Å²) < 4.78 is 1.27. The highest BCUT2D eigenvalue weighted by Gasteiger charge is 2.26. The Morgan fingerprint density at radius 1 is 1.08 bits per heavy atom. The molecule has 126 valence electrons. The third kappa shape index (κ3) is 3.35. The summed E-state index contributed by atoms with van der Waals surface area (Å²) in [5, 5.41) is 4.39. The lowest BCUT2D eigenvalue weighted by Gasteiger charge is -2.34. The van der Waals surface area contributed by atoms with Gasteiger partial charge in [0.05, 0.1) is 5.69 Å². The quantitative estimate of drug-likeness (QED) is 0.827. The first kappa shape index (κ1) is 16.3. The molecule has 0 aliphatic carbocycles. The minimum atomic E-state index is -0.623. The van der Waals surface area contributed by atoms with Crippen molar-refractivity contribution in [2.45, 2.75) is 13.0 Å². The van der Waals surface area contributed by atoms with Gasteiger partial charge in [0, 0.05) is 50.2 Å². The molecule has 1 saturated heterocycles. The van der Waals surface area contributed by atoms with E-state index in [-0.39, 0.29) is 11.5 Å². The van der Waals surface area contributed by atoms with Crippen LogP contribution >= 0.6 is 0 Å². The molecule has 0 bridgehead atoms. The number of amides is 1. The Morgan fingerprint density at radius 2 is 1.75 bits per heavy atom. The molecule has 2 aromatic rings. The zero-order valence-corrected chi connectivity index (χ0v) is 13.9. The Kier molecular flexibility index (Phi) is 4.71. The average molecular weight is 327 g/mol. The van der Waals surface area contributed by atoms with Crippen molar-refractivity contribution in [2.24, 2.45) is 0 Å². The second-order valence-corrected chi connectivity index (χ2v) is 6.04. The van der Waals surface area contributed by atoms with Gasteiger partial charge < -0.3 is 9.80 Å². The number of rotatable bonds is 3. The lowest BCUT2D eigenvalue weighted by molar-refractivity contribution is -0.136. The van der Waals surface area contributed by atoms with Crippen molar-refractivity contribution in [3.05, 3.63) is 47.0 Å². The summed E-state index contributed by atoms with van der Waals surface area (Å²) in [6.45, 7) is 4.78. The standard InChI is InChI=1S/C17H21N5O2/c1-13(17(24)21-11-9-20(2)10-12-21)22-16(23)4-3-15(19-22)14-5-7-18-8-6-14/h3-8,13H,9-12H2,1-2H3. The van der Waals surface area contributed by atoms with Crippen LogP contribution in [0.4, 0.5) is 0 Å². The van der Waals surface area contributed by atoms with Gasteiger partial charge >= 0.3 is 0 Å². The van der Waals surface area contributed by atoms with Crippen LogP contribution in [0.1, 0.15) is 13.0 Å². The Bertz CT molecular complexity index is 766. The van der Waals surface area contributed by atoms with Crippen LogP contribution < -0.4 is 5.56 Å². The van der Waals surface area contributed by atoms with E-state index in [1.165, 1.54) is 10.7 Å². The van der Waals surface area contributed by atoms with Crippen molar-refractivity contribution in [1.29, 1.82) is 0 Å². The zero-order valence-electron chi connectivity index (χ0n) is 13.9. The maximum atomic E-state index is 12.7. The van der Waals surface area contributed by atoms with E-state index in [0.717, 1.165) is 18.7 Å². The van der Waals surface area contributed by atoms with E-state index in [1.807, 2.05) is 19.2 Å². The first-order valence-electron chi connectivity index (χ1n) is 8.04. The second-order valence-electron chi connectivity index (χ2n) is 6.04. The van der Waals surface area contributed by atoms with E-state index in [0.29, 0.717) is 18.8 Å². The molecule has 7 nitrogen and oxygen atoms in total. The molecular weight excluding hydrogens is 306 g/mol. The van der Waals surface area contributed by atoms with Gasteiger partial charge in [0.15, 0.2) is 0 Å². The van der Waals surface area contributed by atoms with Crippen molar-refractivity contribution in [3.63, 3.8) is 0 Å². The Balaban J connectivity index is 1.85. The van der Waals surface area contributed by atoms with Gasteiger partial charge in [-0.25, -0.2) is 4.68 Å². The maximum absolute atomic E-state index is 12.7. The monoisotopic (exact) mass is 327 g/mol. The molecule has 1 unspecified atom stereocenters. The molecular formula is C17H21N5O2. The molecule has 3 rings (SSSR count). The topological polar surface area (TPSA) is 71.3 Å². The highest BCUT2D eigenvalue weighted by atomic mass is 16.2. The predicted octanol–water partition coefficient (Wildman–Crippen LogP) is 0.640. The van der Waals surface area contributed by atoms with E-state index < -0.39 is 6.04 Å². The molecule has 0 radical (unpaired) electrons. The van der Waals surface area contributed by atoms with Gasteiger partial charge in [-0.15, -0.1) is 0 Å². The Labute approximate surface area is 140 Å². The molecule has 0 aromatic carbocycles.